The van der Waals surface area contributed by atoms with Crippen LogP contribution in [0.5, 0.6) is 0 Å². The van der Waals surface area contributed by atoms with E-state index in [4.69, 9.17) is 13.6 Å². The fraction of sp³-hybridized carbons (Fsp3) is 0.955. The Morgan fingerprint density at radius 3 is 1.25 bits per heavy atom. The highest BCUT2D eigenvalue weighted by Gasteiger charge is 2.29. The summed E-state index contributed by atoms with van der Waals surface area (Å²) < 4.78 is 28.1. The molecule has 0 bridgehead atoms. The van der Waals surface area contributed by atoms with Crippen LogP contribution in [-0.4, -0.2) is 19.2 Å². The lowest BCUT2D eigenvalue weighted by Gasteiger charge is -2.16. The molecule has 0 heterocycles. The van der Waals surface area contributed by atoms with E-state index >= 15 is 0 Å². The number of rotatable bonds is 21. The molecule has 6 heteroatoms. The highest BCUT2D eigenvalue weighted by Crippen LogP contribution is 2.49. The molecule has 0 aromatic carbocycles. The van der Waals surface area contributed by atoms with E-state index in [-0.39, 0.29) is 0 Å². The van der Waals surface area contributed by atoms with Gasteiger partial charge in [0.25, 0.3) is 0 Å². The summed E-state index contributed by atoms with van der Waals surface area (Å²) in [6.45, 7) is 6.27. The van der Waals surface area contributed by atoms with Crippen LogP contribution < -0.4 is 0 Å². The summed E-state index contributed by atoms with van der Waals surface area (Å²) in [7, 11) is -3.77. The maximum absolute atomic E-state index is 12.6. The van der Waals surface area contributed by atoms with E-state index in [9.17, 15) is 9.36 Å². The Labute approximate surface area is 173 Å². The second kappa shape index (κ2) is 19.9. The number of unbranched alkanes of at least 4 members (excludes halogenated alkanes) is 14. The monoisotopic (exact) mass is 420 g/mol. The summed E-state index contributed by atoms with van der Waals surface area (Å²) in [5, 5.41) is 0. The number of carbonyl (C=O) groups excluding carboxylic acids is 1. The molecule has 0 fully saturated rings. The lowest BCUT2D eigenvalue weighted by Crippen LogP contribution is -2.06. The zero-order chi connectivity index (χ0) is 20.9. The number of phosphoric acid groups is 1. The third-order valence-corrected chi connectivity index (χ3v) is 6.21. The van der Waals surface area contributed by atoms with Crippen molar-refractivity contribution in [2.24, 2.45) is 0 Å². The highest BCUT2D eigenvalue weighted by atomic mass is 31.2. The zero-order valence-corrected chi connectivity index (χ0v) is 19.6. The fourth-order valence-corrected chi connectivity index (χ4v) is 4.27. The Kier molecular flexibility index (Phi) is 19.6. The van der Waals surface area contributed by atoms with Gasteiger partial charge < -0.3 is 4.52 Å². The normalized spacial score (nSPS) is 11.7. The molecule has 0 saturated carbocycles. The van der Waals surface area contributed by atoms with Crippen molar-refractivity contribution >= 4 is 13.8 Å². The second-order valence-corrected chi connectivity index (χ2v) is 9.24. The average molecular weight is 421 g/mol. The Morgan fingerprint density at radius 2 is 0.929 bits per heavy atom. The predicted octanol–water partition coefficient (Wildman–Crippen LogP) is 7.97. The van der Waals surface area contributed by atoms with Gasteiger partial charge in [-0.15, -0.1) is 0 Å². The van der Waals surface area contributed by atoms with Crippen molar-refractivity contribution in [3.05, 3.63) is 0 Å². The zero-order valence-electron chi connectivity index (χ0n) is 18.7. The van der Waals surface area contributed by atoms with E-state index in [1.165, 1.54) is 71.1 Å². The molecule has 0 rings (SSSR count). The van der Waals surface area contributed by atoms with Crippen molar-refractivity contribution < 1.29 is 22.9 Å². The van der Waals surface area contributed by atoms with Gasteiger partial charge in [0.15, 0.2) is 0 Å². The Hall–Kier alpha value is -0.380. The minimum Gasteiger partial charge on any atom is -0.371 e. The van der Waals surface area contributed by atoms with Gasteiger partial charge in [-0.1, -0.05) is 104 Å². The Balaban J connectivity index is 3.81. The highest BCUT2D eigenvalue weighted by molar-refractivity contribution is 7.49. The maximum Gasteiger partial charge on any atom is 0.532 e. The minimum absolute atomic E-state index is 0.303. The third-order valence-electron chi connectivity index (χ3n) is 4.73. The van der Waals surface area contributed by atoms with Crippen LogP contribution in [-0.2, 0) is 22.9 Å². The third kappa shape index (κ3) is 19.0. The van der Waals surface area contributed by atoms with Crippen molar-refractivity contribution in [2.75, 3.05) is 13.2 Å². The lowest BCUT2D eigenvalue weighted by molar-refractivity contribution is -0.133. The van der Waals surface area contributed by atoms with Crippen molar-refractivity contribution in [3.8, 4) is 0 Å². The topological polar surface area (TPSA) is 61.8 Å². The van der Waals surface area contributed by atoms with Crippen molar-refractivity contribution in [1.82, 2.24) is 0 Å². The minimum atomic E-state index is -3.77. The first-order chi connectivity index (χ1) is 13.5. The van der Waals surface area contributed by atoms with Crippen LogP contribution in [0.25, 0.3) is 0 Å². The van der Waals surface area contributed by atoms with Crippen LogP contribution in [0.2, 0.25) is 0 Å². The SMILES string of the molecule is CCCCCCCCCCOP(=O)(OCCCCCCCCCC)OC(C)=O. The predicted molar refractivity (Wildman–Crippen MR) is 116 cm³/mol. The van der Waals surface area contributed by atoms with Gasteiger partial charge in [-0.05, 0) is 12.8 Å². The molecular weight excluding hydrogens is 375 g/mol. The molecule has 0 unspecified atom stereocenters. The standard InChI is InChI=1S/C22H45O5P/c1-4-6-8-10-12-14-16-18-20-25-28(24,27-22(3)23)26-21-19-17-15-13-11-9-7-5-2/h4-21H2,1-3H3. The second-order valence-electron chi connectivity index (χ2n) is 7.65. The number of hydrogen-bond acceptors (Lipinski definition) is 5. The summed E-state index contributed by atoms with van der Waals surface area (Å²) >= 11 is 0. The molecule has 0 N–H and O–H groups in total. The smallest absolute Gasteiger partial charge is 0.371 e. The van der Waals surface area contributed by atoms with Crippen LogP contribution in [0, 0.1) is 0 Å². The van der Waals surface area contributed by atoms with Crippen molar-refractivity contribution in [1.29, 1.82) is 0 Å². The fourth-order valence-electron chi connectivity index (χ4n) is 3.07. The van der Waals surface area contributed by atoms with Crippen molar-refractivity contribution in [2.45, 2.75) is 124 Å². The molecular formula is C22H45O5P. The van der Waals surface area contributed by atoms with E-state index in [1.54, 1.807) is 0 Å². The molecule has 168 valence electrons. The van der Waals surface area contributed by atoms with Gasteiger partial charge in [0.2, 0.25) is 0 Å². The van der Waals surface area contributed by atoms with E-state index in [2.05, 4.69) is 13.8 Å². The largest absolute Gasteiger partial charge is 0.532 e. The summed E-state index contributed by atoms with van der Waals surface area (Å²) in [6, 6.07) is 0. The van der Waals surface area contributed by atoms with Gasteiger partial charge >= 0.3 is 13.8 Å². The molecule has 0 saturated heterocycles. The van der Waals surface area contributed by atoms with E-state index < -0.39 is 13.8 Å². The molecule has 0 aliphatic rings. The van der Waals surface area contributed by atoms with Gasteiger partial charge in [0.1, 0.15) is 0 Å². The van der Waals surface area contributed by atoms with Crippen LogP contribution in [0.15, 0.2) is 0 Å². The molecule has 5 nitrogen and oxygen atoms in total. The maximum atomic E-state index is 12.6. The van der Waals surface area contributed by atoms with E-state index in [0.29, 0.717) is 13.2 Å². The average Bonchev–Trinajstić information content (AvgIpc) is 2.65. The first-order valence-electron chi connectivity index (χ1n) is 11.6. The quantitative estimate of drug-likeness (QED) is 0.139. The molecule has 0 radical (unpaired) electrons. The lowest BCUT2D eigenvalue weighted by atomic mass is 10.1. The molecule has 0 aromatic heterocycles. The Bertz CT molecular complexity index is 374. The Morgan fingerprint density at radius 1 is 0.607 bits per heavy atom. The van der Waals surface area contributed by atoms with E-state index in [0.717, 1.165) is 38.5 Å². The first kappa shape index (κ1) is 27.6. The summed E-state index contributed by atoms with van der Waals surface area (Å²) in [5.74, 6) is -0.629. The summed E-state index contributed by atoms with van der Waals surface area (Å²) in [4.78, 5) is 11.2. The molecule has 0 amide bonds. The van der Waals surface area contributed by atoms with Gasteiger partial charge in [-0.2, -0.15) is 0 Å². The molecule has 0 aromatic rings. The number of phosphoric ester groups is 1. The van der Waals surface area contributed by atoms with Gasteiger partial charge in [0.05, 0.1) is 13.2 Å². The van der Waals surface area contributed by atoms with Gasteiger partial charge in [-0.3, -0.25) is 13.8 Å². The number of carbonyl (C=O) groups is 1. The molecule has 28 heavy (non-hydrogen) atoms. The van der Waals surface area contributed by atoms with Crippen molar-refractivity contribution in [3.63, 3.8) is 0 Å². The summed E-state index contributed by atoms with van der Waals surface area (Å²) in [5.41, 5.74) is 0. The van der Waals surface area contributed by atoms with Crippen LogP contribution in [0.3, 0.4) is 0 Å². The molecule has 0 spiro atoms. The van der Waals surface area contributed by atoms with Crippen LogP contribution >= 0.6 is 7.82 Å². The molecule has 0 aliphatic carbocycles. The first-order valence-corrected chi connectivity index (χ1v) is 13.1. The van der Waals surface area contributed by atoms with E-state index in [1.807, 2.05) is 0 Å². The number of hydrogen-bond donors (Lipinski definition) is 0. The molecule has 0 aliphatic heterocycles. The van der Waals surface area contributed by atoms with Crippen LogP contribution in [0.4, 0.5) is 0 Å². The van der Waals surface area contributed by atoms with Gasteiger partial charge in [-0.25, -0.2) is 4.57 Å². The molecule has 0 atom stereocenters. The van der Waals surface area contributed by atoms with Crippen LogP contribution in [0.1, 0.15) is 124 Å². The van der Waals surface area contributed by atoms with Gasteiger partial charge in [0, 0.05) is 6.92 Å². The summed E-state index contributed by atoms with van der Waals surface area (Å²) in [6.07, 6.45) is 18.8.